The van der Waals surface area contributed by atoms with Gasteiger partial charge in [-0.3, -0.25) is 0 Å². The fourth-order valence-corrected chi connectivity index (χ4v) is 2.04. The summed E-state index contributed by atoms with van der Waals surface area (Å²) in [6, 6.07) is 12.6. The van der Waals surface area contributed by atoms with Crippen LogP contribution in [-0.4, -0.2) is 32.6 Å². The lowest BCUT2D eigenvalue weighted by Gasteiger charge is -2.10. The fraction of sp³-hybridized carbons (Fsp3) is 0.278. The number of anilines is 1. The Balaban J connectivity index is 1.85. The summed E-state index contributed by atoms with van der Waals surface area (Å²) in [5.41, 5.74) is 7.21. The van der Waals surface area contributed by atoms with Crippen molar-refractivity contribution in [3.8, 4) is 11.5 Å². The summed E-state index contributed by atoms with van der Waals surface area (Å²) in [5, 5.41) is 2.80. The molecule has 0 bridgehead atoms. The second-order valence-electron chi connectivity index (χ2n) is 5.38. The van der Waals surface area contributed by atoms with E-state index in [9.17, 15) is 13.2 Å². The van der Waals surface area contributed by atoms with Gasteiger partial charge in [-0.1, -0.05) is 12.1 Å². The molecule has 27 heavy (non-hydrogen) atoms. The van der Waals surface area contributed by atoms with Crippen molar-refractivity contribution < 1.29 is 27.4 Å². The van der Waals surface area contributed by atoms with Crippen molar-refractivity contribution in [2.24, 2.45) is 10.7 Å². The maximum Gasteiger partial charge on any atom is 0.573 e. The molecule has 2 rings (SSSR count). The lowest BCUT2D eigenvalue weighted by atomic mass is 10.2. The van der Waals surface area contributed by atoms with Gasteiger partial charge in [0.2, 0.25) is 0 Å². The first-order valence-electron chi connectivity index (χ1n) is 7.99. The zero-order valence-electron chi connectivity index (χ0n) is 14.6. The van der Waals surface area contributed by atoms with E-state index < -0.39 is 6.36 Å². The standard InChI is InChI=1S/C18H20F3N3O3/c1-25-10-11-26-15-6-2-13(3-7-15)12-23-17(22)24-14-4-8-16(9-5-14)27-18(19,20)21/h2-9H,10-12H2,1H3,(H3,22,23,24). The molecule has 0 aromatic heterocycles. The van der Waals surface area contributed by atoms with Crippen molar-refractivity contribution in [2.75, 3.05) is 25.6 Å². The van der Waals surface area contributed by atoms with E-state index in [-0.39, 0.29) is 11.7 Å². The van der Waals surface area contributed by atoms with Gasteiger partial charge in [0.05, 0.1) is 13.2 Å². The van der Waals surface area contributed by atoms with Crippen molar-refractivity contribution in [3.05, 3.63) is 54.1 Å². The number of aliphatic imine (C=N–C) groups is 1. The first kappa shape index (κ1) is 20.4. The highest BCUT2D eigenvalue weighted by atomic mass is 19.4. The predicted octanol–water partition coefficient (Wildman–Crippen LogP) is 3.54. The predicted molar refractivity (Wildman–Crippen MR) is 95.9 cm³/mol. The van der Waals surface area contributed by atoms with Crippen LogP contribution < -0.4 is 20.5 Å². The molecule has 0 amide bonds. The summed E-state index contributed by atoms with van der Waals surface area (Å²) in [5.74, 6) is 0.559. The molecule has 3 N–H and O–H groups in total. The van der Waals surface area contributed by atoms with Crippen molar-refractivity contribution in [1.82, 2.24) is 0 Å². The molecule has 9 heteroatoms. The molecule has 0 fully saturated rings. The van der Waals surface area contributed by atoms with E-state index in [1.54, 1.807) is 7.11 Å². The summed E-state index contributed by atoms with van der Waals surface area (Å²) in [7, 11) is 1.60. The number of benzene rings is 2. The molecule has 2 aromatic carbocycles. The maximum atomic E-state index is 12.1. The van der Waals surface area contributed by atoms with E-state index in [1.807, 2.05) is 24.3 Å². The zero-order chi connectivity index (χ0) is 19.7. The van der Waals surface area contributed by atoms with Gasteiger partial charge in [-0.15, -0.1) is 13.2 Å². The number of ether oxygens (including phenoxy) is 3. The van der Waals surface area contributed by atoms with Crippen LogP contribution in [0.2, 0.25) is 0 Å². The molecule has 0 heterocycles. The van der Waals surface area contributed by atoms with Crippen molar-refractivity contribution in [3.63, 3.8) is 0 Å². The largest absolute Gasteiger partial charge is 0.573 e. The molecule has 0 radical (unpaired) electrons. The number of halogens is 3. The van der Waals surface area contributed by atoms with Gasteiger partial charge in [0, 0.05) is 12.8 Å². The van der Waals surface area contributed by atoms with E-state index in [2.05, 4.69) is 15.0 Å². The van der Waals surface area contributed by atoms with Crippen molar-refractivity contribution in [2.45, 2.75) is 12.9 Å². The third-order valence-electron chi connectivity index (χ3n) is 3.27. The zero-order valence-corrected chi connectivity index (χ0v) is 14.6. The molecule has 0 saturated carbocycles. The van der Waals surface area contributed by atoms with Crippen LogP contribution in [0.5, 0.6) is 11.5 Å². The van der Waals surface area contributed by atoms with E-state index >= 15 is 0 Å². The van der Waals surface area contributed by atoms with Crippen molar-refractivity contribution >= 4 is 11.6 Å². The first-order chi connectivity index (χ1) is 12.9. The number of hydrogen-bond donors (Lipinski definition) is 2. The van der Waals surface area contributed by atoms with Gasteiger partial charge >= 0.3 is 6.36 Å². The molecule has 2 aromatic rings. The smallest absolute Gasteiger partial charge is 0.491 e. The second kappa shape index (κ2) is 9.67. The van der Waals surface area contributed by atoms with E-state index in [1.165, 1.54) is 24.3 Å². The van der Waals surface area contributed by atoms with Gasteiger partial charge < -0.3 is 25.3 Å². The molecular weight excluding hydrogens is 363 g/mol. The number of nitrogens with one attached hydrogen (secondary N) is 1. The van der Waals surface area contributed by atoms with Crippen LogP contribution in [0.3, 0.4) is 0 Å². The Morgan fingerprint density at radius 2 is 1.63 bits per heavy atom. The van der Waals surface area contributed by atoms with Crippen LogP contribution in [0.1, 0.15) is 5.56 Å². The number of nitrogens with two attached hydrogens (primary N) is 1. The summed E-state index contributed by atoms with van der Waals surface area (Å²) >= 11 is 0. The molecule has 6 nitrogen and oxygen atoms in total. The Morgan fingerprint density at radius 3 is 2.22 bits per heavy atom. The van der Waals surface area contributed by atoms with E-state index in [4.69, 9.17) is 15.2 Å². The second-order valence-corrected chi connectivity index (χ2v) is 5.38. The van der Waals surface area contributed by atoms with Gasteiger partial charge in [-0.25, -0.2) is 4.99 Å². The summed E-state index contributed by atoms with van der Waals surface area (Å²) < 4.78 is 50.6. The number of rotatable bonds is 8. The highest BCUT2D eigenvalue weighted by molar-refractivity contribution is 5.92. The van der Waals surface area contributed by atoms with Gasteiger partial charge in [0.15, 0.2) is 5.96 Å². The van der Waals surface area contributed by atoms with Crippen LogP contribution in [0.25, 0.3) is 0 Å². The fourth-order valence-electron chi connectivity index (χ4n) is 2.04. The molecule has 0 aliphatic rings. The molecule has 0 saturated heterocycles. The highest BCUT2D eigenvalue weighted by Gasteiger charge is 2.30. The third-order valence-corrected chi connectivity index (χ3v) is 3.27. The van der Waals surface area contributed by atoms with E-state index in [0.29, 0.717) is 25.4 Å². The topological polar surface area (TPSA) is 78.1 Å². The minimum absolute atomic E-state index is 0.139. The molecular formula is C18H20F3N3O3. The molecule has 0 spiro atoms. The Labute approximate surface area is 154 Å². The molecule has 0 aliphatic carbocycles. The molecule has 0 aliphatic heterocycles. The van der Waals surface area contributed by atoms with E-state index in [0.717, 1.165) is 11.3 Å². The van der Waals surface area contributed by atoms with Crippen LogP contribution in [0, 0.1) is 0 Å². The van der Waals surface area contributed by atoms with Crippen molar-refractivity contribution in [1.29, 1.82) is 0 Å². The normalized spacial score (nSPS) is 11.9. The number of methoxy groups -OCH3 is 1. The Kier molecular flexibility index (Phi) is 7.30. The van der Waals surface area contributed by atoms with Crippen LogP contribution >= 0.6 is 0 Å². The Hall–Kier alpha value is -2.94. The highest BCUT2D eigenvalue weighted by Crippen LogP contribution is 2.23. The summed E-state index contributed by atoms with van der Waals surface area (Å²) in [4.78, 5) is 4.19. The molecule has 146 valence electrons. The number of guanidine groups is 1. The van der Waals surface area contributed by atoms with Crippen LogP contribution in [0.15, 0.2) is 53.5 Å². The quantitative estimate of drug-likeness (QED) is 0.414. The number of alkyl halides is 3. The average Bonchev–Trinajstić information content (AvgIpc) is 2.62. The monoisotopic (exact) mass is 383 g/mol. The first-order valence-corrected chi connectivity index (χ1v) is 7.99. The third kappa shape index (κ3) is 7.87. The van der Waals surface area contributed by atoms with Gasteiger partial charge in [-0.05, 0) is 42.0 Å². The number of nitrogens with zero attached hydrogens (tertiary/aromatic N) is 1. The Morgan fingerprint density at radius 1 is 1.00 bits per heavy atom. The van der Waals surface area contributed by atoms with Gasteiger partial charge in [0.1, 0.15) is 18.1 Å². The maximum absolute atomic E-state index is 12.1. The van der Waals surface area contributed by atoms with Crippen LogP contribution in [-0.2, 0) is 11.3 Å². The van der Waals surface area contributed by atoms with Gasteiger partial charge in [0.25, 0.3) is 0 Å². The minimum atomic E-state index is -4.72. The lowest BCUT2D eigenvalue weighted by molar-refractivity contribution is -0.274. The number of hydrogen-bond acceptors (Lipinski definition) is 4. The Bertz CT molecular complexity index is 732. The average molecular weight is 383 g/mol. The van der Waals surface area contributed by atoms with Crippen LogP contribution in [0.4, 0.5) is 18.9 Å². The summed E-state index contributed by atoms with van der Waals surface area (Å²) in [6.45, 7) is 1.32. The lowest BCUT2D eigenvalue weighted by Crippen LogP contribution is -2.22. The minimum Gasteiger partial charge on any atom is -0.491 e. The molecule has 0 unspecified atom stereocenters. The summed E-state index contributed by atoms with van der Waals surface area (Å²) in [6.07, 6.45) is -4.72. The van der Waals surface area contributed by atoms with Gasteiger partial charge in [-0.2, -0.15) is 0 Å². The molecule has 0 atom stereocenters. The SMILES string of the molecule is COCCOc1ccc(CN=C(N)Nc2ccc(OC(F)(F)F)cc2)cc1.